The van der Waals surface area contributed by atoms with Crippen molar-refractivity contribution < 1.29 is 4.79 Å². The largest absolute Gasteiger partial charge is 0.355 e. The molecular formula is C18H23ClN2O. The normalized spacial score (nSPS) is 39.0. The van der Waals surface area contributed by atoms with Crippen molar-refractivity contribution in [3.8, 4) is 0 Å². The van der Waals surface area contributed by atoms with Gasteiger partial charge < -0.3 is 5.32 Å². The van der Waals surface area contributed by atoms with Crippen LogP contribution in [0.25, 0.3) is 0 Å². The fourth-order valence-electron chi connectivity index (χ4n) is 5.45. The average Bonchev–Trinajstić information content (AvgIpc) is 2.45. The van der Waals surface area contributed by atoms with Gasteiger partial charge >= 0.3 is 0 Å². The second-order valence-electron chi connectivity index (χ2n) is 7.72. The van der Waals surface area contributed by atoms with Crippen LogP contribution in [0.4, 0.5) is 0 Å². The first kappa shape index (κ1) is 14.5. The third-order valence-electron chi connectivity index (χ3n) is 5.86. The van der Waals surface area contributed by atoms with Crippen LogP contribution in [0.5, 0.6) is 0 Å². The highest BCUT2D eigenvalue weighted by atomic mass is 35.5. The summed E-state index contributed by atoms with van der Waals surface area (Å²) in [5, 5.41) is 3.17. The maximum absolute atomic E-state index is 12.8. The van der Waals surface area contributed by atoms with Crippen molar-refractivity contribution in [2.24, 2.45) is 17.3 Å². The van der Waals surface area contributed by atoms with Gasteiger partial charge in [-0.05, 0) is 62.5 Å². The van der Waals surface area contributed by atoms with E-state index in [2.05, 4.69) is 10.3 Å². The van der Waals surface area contributed by atoms with Crippen LogP contribution < -0.4 is 5.32 Å². The number of rotatable bonds is 4. The highest BCUT2D eigenvalue weighted by molar-refractivity contribution is 6.24. The molecule has 0 aliphatic heterocycles. The van der Waals surface area contributed by atoms with Gasteiger partial charge in [0, 0.05) is 29.7 Å². The van der Waals surface area contributed by atoms with E-state index in [0.29, 0.717) is 18.4 Å². The standard InChI is InChI=1S/C18H23ClN2O/c19-18-10-13-7-14(11-18)9-17(8-13,12-18)16(22)21-6-4-15-3-1-2-5-20-15/h1-3,5,13-14H,4,6-12H2,(H,21,22). The summed E-state index contributed by atoms with van der Waals surface area (Å²) in [6.45, 7) is 0.669. The fraction of sp³-hybridized carbons (Fsp3) is 0.667. The zero-order chi connectivity index (χ0) is 15.2. The Hall–Kier alpha value is -1.09. The molecular weight excluding hydrogens is 296 g/mol. The molecule has 1 aromatic rings. The molecule has 0 saturated heterocycles. The maximum atomic E-state index is 12.8. The van der Waals surface area contributed by atoms with Crippen LogP contribution in [-0.2, 0) is 11.2 Å². The Bertz CT molecular complexity index is 560. The molecule has 0 spiro atoms. The van der Waals surface area contributed by atoms with Crippen LogP contribution in [0.15, 0.2) is 24.4 Å². The van der Waals surface area contributed by atoms with Crippen molar-refractivity contribution >= 4 is 17.5 Å². The van der Waals surface area contributed by atoms with Crippen LogP contribution in [0, 0.1) is 17.3 Å². The SMILES string of the molecule is O=C(NCCc1ccccn1)C12CC3CC(CC(Cl)(C3)C1)C2. The predicted molar refractivity (Wildman–Crippen MR) is 86.6 cm³/mol. The molecule has 4 aliphatic rings. The van der Waals surface area contributed by atoms with Gasteiger partial charge in [0.05, 0.1) is 5.41 Å². The molecule has 4 bridgehead atoms. The molecule has 1 N–H and O–H groups in total. The Morgan fingerprint density at radius 2 is 2.05 bits per heavy atom. The van der Waals surface area contributed by atoms with Gasteiger partial charge in [-0.2, -0.15) is 0 Å². The first-order valence-electron chi connectivity index (χ1n) is 8.44. The third kappa shape index (κ3) is 2.54. The molecule has 0 aromatic carbocycles. The lowest BCUT2D eigenvalue weighted by molar-refractivity contribution is -0.144. The molecule has 4 heteroatoms. The monoisotopic (exact) mass is 318 g/mol. The number of hydrogen-bond acceptors (Lipinski definition) is 2. The summed E-state index contributed by atoms with van der Waals surface area (Å²) < 4.78 is 0. The van der Waals surface area contributed by atoms with Gasteiger partial charge in [-0.25, -0.2) is 0 Å². The molecule has 4 fully saturated rings. The Morgan fingerprint density at radius 3 is 2.68 bits per heavy atom. The molecule has 22 heavy (non-hydrogen) atoms. The van der Waals surface area contributed by atoms with Gasteiger partial charge in [0.2, 0.25) is 5.91 Å². The van der Waals surface area contributed by atoms with Crippen LogP contribution in [0.3, 0.4) is 0 Å². The summed E-state index contributed by atoms with van der Waals surface area (Å²) in [5.41, 5.74) is 0.845. The van der Waals surface area contributed by atoms with Crippen LogP contribution in [-0.4, -0.2) is 22.3 Å². The van der Waals surface area contributed by atoms with Crippen molar-refractivity contribution in [3.05, 3.63) is 30.1 Å². The molecule has 5 rings (SSSR count). The quantitative estimate of drug-likeness (QED) is 0.865. The molecule has 1 amide bonds. The second-order valence-corrected chi connectivity index (χ2v) is 8.52. The number of pyridine rings is 1. The van der Waals surface area contributed by atoms with Gasteiger partial charge in [-0.15, -0.1) is 11.6 Å². The van der Waals surface area contributed by atoms with Crippen molar-refractivity contribution in [3.63, 3.8) is 0 Å². The number of alkyl halides is 1. The van der Waals surface area contributed by atoms with Gasteiger partial charge in [0.1, 0.15) is 0 Å². The number of carbonyl (C=O) groups is 1. The van der Waals surface area contributed by atoms with E-state index in [4.69, 9.17) is 11.6 Å². The topological polar surface area (TPSA) is 42.0 Å². The van der Waals surface area contributed by atoms with Crippen LogP contribution >= 0.6 is 11.6 Å². The molecule has 1 aromatic heterocycles. The predicted octanol–water partition coefficient (Wildman–Crippen LogP) is 3.32. The number of halogens is 1. The van der Waals surface area contributed by atoms with E-state index < -0.39 is 0 Å². The van der Waals surface area contributed by atoms with E-state index in [1.54, 1.807) is 6.20 Å². The smallest absolute Gasteiger partial charge is 0.226 e. The van der Waals surface area contributed by atoms with Crippen molar-refractivity contribution in [1.82, 2.24) is 10.3 Å². The summed E-state index contributed by atoms with van der Waals surface area (Å²) in [4.78, 5) is 17.1. The lowest BCUT2D eigenvalue weighted by Gasteiger charge is -2.59. The number of hydrogen-bond donors (Lipinski definition) is 1. The Kier molecular flexibility index (Phi) is 3.44. The van der Waals surface area contributed by atoms with Gasteiger partial charge in [0.15, 0.2) is 0 Å². The molecule has 3 nitrogen and oxygen atoms in total. The van der Waals surface area contributed by atoms with Crippen molar-refractivity contribution in [1.29, 1.82) is 0 Å². The van der Waals surface area contributed by atoms with Gasteiger partial charge in [-0.1, -0.05) is 6.07 Å². The van der Waals surface area contributed by atoms with Crippen molar-refractivity contribution in [2.45, 2.75) is 49.8 Å². The number of nitrogens with zero attached hydrogens (tertiary/aromatic N) is 1. The molecule has 118 valence electrons. The highest BCUT2D eigenvalue weighted by Crippen LogP contribution is 2.63. The van der Waals surface area contributed by atoms with E-state index in [1.807, 2.05) is 18.2 Å². The van der Waals surface area contributed by atoms with Crippen LogP contribution in [0.2, 0.25) is 0 Å². The lowest BCUT2D eigenvalue weighted by Crippen LogP contribution is -2.58. The molecule has 4 saturated carbocycles. The number of carbonyl (C=O) groups excluding carboxylic acids is 1. The van der Waals surface area contributed by atoms with Crippen LogP contribution in [0.1, 0.15) is 44.2 Å². The molecule has 2 unspecified atom stereocenters. The molecule has 2 atom stereocenters. The summed E-state index contributed by atoms with van der Waals surface area (Å²) in [6.07, 6.45) is 9.10. The molecule has 4 aliphatic carbocycles. The minimum atomic E-state index is -0.185. The van der Waals surface area contributed by atoms with Gasteiger partial charge in [-0.3, -0.25) is 9.78 Å². The summed E-state index contributed by atoms with van der Waals surface area (Å²) in [5.74, 6) is 1.57. The minimum Gasteiger partial charge on any atom is -0.355 e. The van der Waals surface area contributed by atoms with E-state index in [-0.39, 0.29) is 16.2 Å². The summed E-state index contributed by atoms with van der Waals surface area (Å²) >= 11 is 6.80. The Morgan fingerprint density at radius 1 is 1.27 bits per heavy atom. The van der Waals surface area contributed by atoms with E-state index >= 15 is 0 Å². The molecule has 0 radical (unpaired) electrons. The first-order valence-corrected chi connectivity index (χ1v) is 8.82. The number of nitrogens with one attached hydrogen (secondary N) is 1. The fourth-order valence-corrected chi connectivity index (χ4v) is 6.15. The Labute approximate surface area is 136 Å². The zero-order valence-electron chi connectivity index (χ0n) is 12.9. The lowest BCUT2D eigenvalue weighted by atomic mass is 9.49. The summed E-state index contributed by atoms with van der Waals surface area (Å²) in [7, 11) is 0. The zero-order valence-corrected chi connectivity index (χ0v) is 13.6. The average molecular weight is 319 g/mol. The van der Waals surface area contributed by atoms with Gasteiger partial charge in [0.25, 0.3) is 0 Å². The molecule has 1 heterocycles. The van der Waals surface area contributed by atoms with Crippen molar-refractivity contribution in [2.75, 3.05) is 6.54 Å². The second kappa shape index (κ2) is 5.23. The van der Waals surface area contributed by atoms with E-state index in [0.717, 1.165) is 44.2 Å². The maximum Gasteiger partial charge on any atom is 0.226 e. The highest BCUT2D eigenvalue weighted by Gasteiger charge is 2.59. The first-order chi connectivity index (χ1) is 10.6. The summed E-state index contributed by atoms with van der Waals surface area (Å²) in [6, 6.07) is 5.91. The number of aromatic nitrogens is 1. The third-order valence-corrected chi connectivity index (χ3v) is 6.31. The van der Waals surface area contributed by atoms with E-state index in [9.17, 15) is 4.79 Å². The Balaban J connectivity index is 1.40. The minimum absolute atomic E-state index is 0.0948. The van der Waals surface area contributed by atoms with E-state index in [1.165, 1.54) is 6.42 Å². The number of amides is 1.